The maximum atomic E-state index is 12.6. The highest BCUT2D eigenvalue weighted by Crippen LogP contribution is 2.44. The van der Waals surface area contributed by atoms with Crippen LogP contribution in [0.4, 0.5) is 4.79 Å². The first kappa shape index (κ1) is 25.2. The molecule has 4 N–H and O–H groups in total. The van der Waals surface area contributed by atoms with Crippen LogP contribution in [0.5, 0.6) is 0 Å². The predicted octanol–water partition coefficient (Wildman–Crippen LogP) is 3.43. The monoisotopic (exact) mass is 468 g/mol. The van der Waals surface area contributed by atoms with Crippen molar-refractivity contribution in [2.24, 2.45) is 0 Å². The third kappa shape index (κ3) is 6.57. The molecule has 8 nitrogen and oxygen atoms in total. The molecular formula is C26H32N2O6. The Kier molecular flexibility index (Phi) is 9.04. The molecule has 1 aliphatic carbocycles. The maximum absolute atomic E-state index is 12.6. The largest absolute Gasteiger partial charge is 0.479 e. The Hall–Kier alpha value is -3.39. The van der Waals surface area contributed by atoms with Crippen molar-refractivity contribution in [3.63, 3.8) is 0 Å². The summed E-state index contributed by atoms with van der Waals surface area (Å²) in [5.74, 6) is -1.69. The normalized spacial score (nSPS) is 13.9. The molecule has 0 bridgehead atoms. The molecule has 1 aliphatic rings. The van der Waals surface area contributed by atoms with Crippen LogP contribution in [0.2, 0.25) is 0 Å². The molecule has 2 aromatic carbocycles. The van der Waals surface area contributed by atoms with Crippen LogP contribution in [0.3, 0.4) is 0 Å². The highest BCUT2D eigenvalue weighted by atomic mass is 16.5. The van der Waals surface area contributed by atoms with Crippen LogP contribution in [-0.2, 0) is 14.3 Å². The molecule has 2 amide bonds. The molecule has 34 heavy (non-hydrogen) atoms. The molecule has 0 aromatic heterocycles. The van der Waals surface area contributed by atoms with Gasteiger partial charge in [-0.2, -0.15) is 0 Å². The summed E-state index contributed by atoms with van der Waals surface area (Å²) in [7, 11) is 0. The molecule has 0 heterocycles. The molecule has 0 spiro atoms. The van der Waals surface area contributed by atoms with Crippen molar-refractivity contribution >= 4 is 18.0 Å². The number of fused-ring (bicyclic) bond motifs is 3. The average molecular weight is 469 g/mol. The molecule has 0 radical (unpaired) electrons. The van der Waals surface area contributed by atoms with Gasteiger partial charge in [-0.05, 0) is 28.7 Å². The van der Waals surface area contributed by atoms with Gasteiger partial charge in [-0.25, -0.2) is 9.59 Å². The second-order valence-electron chi connectivity index (χ2n) is 8.51. The van der Waals surface area contributed by atoms with Gasteiger partial charge in [0.05, 0.1) is 0 Å². The van der Waals surface area contributed by atoms with Crippen molar-refractivity contribution in [3.8, 4) is 11.1 Å². The van der Waals surface area contributed by atoms with Crippen molar-refractivity contribution < 1.29 is 29.3 Å². The number of nitrogens with one attached hydrogen (secondary N) is 2. The van der Waals surface area contributed by atoms with E-state index in [9.17, 15) is 19.5 Å². The summed E-state index contributed by atoms with van der Waals surface area (Å²) in [4.78, 5) is 35.5. The number of unbranched alkanes of at least 4 members (excludes halogenated alkanes) is 1. The third-order valence-electron chi connectivity index (χ3n) is 6.03. The highest BCUT2D eigenvalue weighted by molar-refractivity contribution is 5.79. The Morgan fingerprint density at radius 2 is 1.62 bits per heavy atom. The molecule has 8 heteroatoms. The fourth-order valence-electron chi connectivity index (χ4n) is 4.25. The zero-order valence-corrected chi connectivity index (χ0v) is 19.3. The molecule has 2 atom stereocenters. The highest BCUT2D eigenvalue weighted by Gasteiger charge is 2.29. The summed E-state index contributed by atoms with van der Waals surface area (Å²) < 4.78 is 5.59. The summed E-state index contributed by atoms with van der Waals surface area (Å²) in [5, 5.41) is 23.4. The Morgan fingerprint density at radius 3 is 2.21 bits per heavy atom. The second kappa shape index (κ2) is 12.2. The SMILES string of the molecule is CCCCC(CC(=O)NCCC(O)C(=O)O)NC(=O)OCC1c2ccccc2-c2ccccc21. The summed E-state index contributed by atoms with van der Waals surface area (Å²) in [6, 6.07) is 15.8. The summed E-state index contributed by atoms with van der Waals surface area (Å²) in [5.41, 5.74) is 4.55. The van der Waals surface area contributed by atoms with Crippen LogP contribution in [-0.4, -0.2) is 53.5 Å². The van der Waals surface area contributed by atoms with Crippen molar-refractivity contribution in [1.29, 1.82) is 0 Å². The fourth-order valence-corrected chi connectivity index (χ4v) is 4.25. The van der Waals surface area contributed by atoms with Crippen LogP contribution in [0.15, 0.2) is 48.5 Å². The van der Waals surface area contributed by atoms with Gasteiger partial charge in [-0.3, -0.25) is 4.79 Å². The molecule has 182 valence electrons. The summed E-state index contributed by atoms with van der Waals surface area (Å²) >= 11 is 0. The standard InChI is InChI=1S/C26H32N2O6/c1-2-3-8-17(15-24(30)27-14-13-23(29)25(31)32)28-26(33)34-16-22-20-11-6-4-9-18(20)19-10-5-7-12-21(19)22/h4-7,9-12,17,22-23,29H,2-3,8,13-16H2,1H3,(H,27,30)(H,28,33)(H,31,32). The zero-order chi connectivity index (χ0) is 24.5. The van der Waals surface area contributed by atoms with E-state index in [0.29, 0.717) is 6.42 Å². The topological polar surface area (TPSA) is 125 Å². The lowest BCUT2D eigenvalue weighted by atomic mass is 9.98. The number of aliphatic carboxylic acids is 1. The van der Waals surface area contributed by atoms with Crippen LogP contribution in [0.25, 0.3) is 11.1 Å². The van der Waals surface area contributed by atoms with E-state index in [1.807, 2.05) is 31.2 Å². The van der Waals surface area contributed by atoms with Gasteiger partial charge in [0.1, 0.15) is 6.61 Å². The van der Waals surface area contributed by atoms with Crippen molar-refractivity contribution in [2.75, 3.05) is 13.2 Å². The molecule has 0 saturated heterocycles. The van der Waals surface area contributed by atoms with E-state index >= 15 is 0 Å². The molecule has 3 rings (SSSR count). The number of carbonyl (C=O) groups is 3. The predicted molar refractivity (Wildman–Crippen MR) is 127 cm³/mol. The number of carboxylic acids is 1. The molecule has 0 saturated carbocycles. The number of amides is 2. The zero-order valence-electron chi connectivity index (χ0n) is 19.3. The number of rotatable bonds is 12. The van der Waals surface area contributed by atoms with E-state index < -0.39 is 24.2 Å². The lowest BCUT2D eigenvalue weighted by Gasteiger charge is -2.20. The number of alkyl carbamates (subject to hydrolysis) is 1. The van der Waals surface area contributed by atoms with E-state index in [1.54, 1.807) is 0 Å². The second-order valence-corrected chi connectivity index (χ2v) is 8.51. The molecule has 0 aliphatic heterocycles. The smallest absolute Gasteiger partial charge is 0.407 e. The van der Waals surface area contributed by atoms with E-state index in [-0.39, 0.29) is 37.8 Å². The minimum absolute atomic E-state index is 0.0394. The van der Waals surface area contributed by atoms with Gasteiger partial charge in [0.25, 0.3) is 0 Å². The number of aliphatic hydroxyl groups excluding tert-OH is 1. The minimum Gasteiger partial charge on any atom is -0.479 e. The third-order valence-corrected chi connectivity index (χ3v) is 6.03. The van der Waals surface area contributed by atoms with Gasteiger partial charge >= 0.3 is 12.1 Å². The van der Waals surface area contributed by atoms with Crippen LogP contribution < -0.4 is 10.6 Å². The van der Waals surface area contributed by atoms with Crippen molar-refractivity contribution in [2.45, 2.75) is 57.1 Å². The number of benzene rings is 2. The molecule has 0 fully saturated rings. The number of aliphatic hydroxyl groups is 1. The summed E-state index contributed by atoms with van der Waals surface area (Å²) in [6.45, 7) is 2.26. The number of carboxylic acid groups (broad SMARTS) is 1. The average Bonchev–Trinajstić information content (AvgIpc) is 3.14. The van der Waals surface area contributed by atoms with Gasteiger partial charge in [0.2, 0.25) is 5.91 Å². The van der Waals surface area contributed by atoms with E-state index in [2.05, 4.69) is 34.9 Å². The Balaban J connectivity index is 1.54. The lowest BCUT2D eigenvalue weighted by molar-refractivity contribution is -0.147. The molecule has 2 unspecified atom stereocenters. The first-order valence-electron chi connectivity index (χ1n) is 11.7. The Morgan fingerprint density at radius 1 is 1.00 bits per heavy atom. The van der Waals surface area contributed by atoms with Gasteiger partial charge < -0.3 is 25.6 Å². The lowest BCUT2D eigenvalue weighted by Crippen LogP contribution is -2.40. The van der Waals surface area contributed by atoms with Crippen LogP contribution >= 0.6 is 0 Å². The van der Waals surface area contributed by atoms with Crippen molar-refractivity contribution in [1.82, 2.24) is 10.6 Å². The van der Waals surface area contributed by atoms with Crippen LogP contribution in [0, 0.1) is 0 Å². The van der Waals surface area contributed by atoms with Gasteiger partial charge in [-0.15, -0.1) is 0 Å². The number of ether oxygens (including phenoxy) is 1. The maximum Gasteiger partial charge on any atom is 0.407 e. The fraction of sp³-hybridized carbons (Fsp3) is 0.423. The first-order chi connectivity index (χ1) is 16.4. The Bertz CT molecular complexity index is 963. The minimum atomic E-state index is -1.52. The van der Waals surface area contributed by atoms with E-state index in [0.717, 1.165) is 35.1 Å². The van der Waals surface area contributed by atoms with Gasteiger partial charge in [-0.1, -0.05) is 68.3 Å². The summed E-state index contributed by atoms with van der Waals surface area (Å²) in [6.07, 6.45) is 0.237. The van der Waals surface area contributed by atoms with Crippen molar-refractivity contribution in [3.05, 3.63) is 59.7 Å². The first-order valence-corrected chi connectivity index (χ1v) is 11.7. The quantitative estimate of drug-likeness (QED) is 0.378. The number of hydrogen-bond acceptors (Lipinski definition) is 5. The molecular weight excluding hydrogens is 436 g/mol. The molecule has 2 aromatic rings. The Labute approximate surface area is 199 Å². The number of carbonyl (C=O) groups excluding carboxylic acids is 2. The van der Waals surface area contributed by atoms with E-state index in [4.69, 9.17) is 9.84 Å². The van der Waals surface area contributed by atoms with Gasteiger partial charge in [0.15, 0.2) is 6.10 Å². The van der Waals surface area contributed by atoms with Gasteiger partial charge in [0, 0.05) is 31.3 Å². The van der Waals surface area contributed by atoms with E-state index in [1.165, 1.54) is 0 Å². The number of hydrogen-bond donors (Lipinski definition) is 4. The van der Waals surface area contributed by atoms with Crippen LogP contribution in [0.1, 0.15) is 56.1 Å².